The molecule has 64 valence electrons. The molecule has 1 atom stereocenters. The zero-order chi connectivity index (χ0) is 8.27. The van der Waals surface area contributed by atoms with Crippen LogP contribution >= 0.6 is 11.6 Å². The van der Waals surface area contributed by atoms with Crippen LogP contribution in [-0.2, 0) is 0 Å². The normalized spacial score (nSPS) is 25.8. The summed E-state index contributed by atoms with van der Waals surface area (Å²) in [6.07, 6.45) is 2.63. The van der Waals surface area contributed by atoms with Crippen LogP contribution in [0.5, 0.6) is 0 Å². The maximum absolute atomic E-state index is 5.71. The Morgan fingerprint density at radius 2 is 2.45 bits per heavy atom. The van der Waals surface area contributed by atoms with Crippen LogP contribution in [0.25, 0.3) is 0 Å². The Bertz CT molecular complexity index is 144. The van der Waals surface area contributed by atoms with E-state index in [1.807, 2.05) is 0 Å². The standard InChI is InChI=1S/C9H16ClN/c1-3-9-4-5-11(7-9)6-8(2)10/h9H,2-7H2,1H3. The predicted octanol–water partition coefficient (Wildman–Crippen LogP) is 2.47. The van der Waals surface area contributed by atoms with E-state index in [9.17, 15) is 0 Å². The molecular weight excluding hydrogens is 158 g/mol. The van der Waals surface area contributed by atoms with Gasteiger partial charge in [0.05, 0.1) is 0 Å². The molecule has 0 N–H and O–H groups in total. The van der Waals surface area contributed by atoms with E-state index in [1.165, 1.54) is 25.9 Å². The molecule has 2 heteroatoms. The van der Waals surface area contributed by atoms with Crippen molar-refractivity contribution in [2.75, 3.05) is 19.6 Å². The van der Waals surface area contributed by atoms with Gasteiger partial charge < -0.3 is 0 Å². The first-order valence-electron chi connectivity index (χ1n) is 4.28. The minimum absolute atomic E-state index is 0.766. The topological polar surface area (TPSA) is 3.24 Å². The molecule has 1 unspecified atom stereocenters. The second kappa shape index (κ2) is 4.13. The molecule has 0 amide bonds. The van der Waals surface area contributed by atoms with E-state index < -0.39 is 0 Å². The third kappa shape index (κ3) is 2.84. The van der Waals surface area contributed by atoms with E-state index in [-0.39, 0.29) is 0 Å². The molecule has 0 saturated carbocycles. The van der Waals surface area contributed by atoms with Gasteiger partial charge in [0, 0.05) is 18.1 Å². The molecule has 1 aliphatic heterocycles. The largest absolute Gasteiger partial charge is 0.298 e. The summed E-state index contributed by atoms with van der Waals surface area (Å²) in [5.74, 6) is 0.894. The van der Waals surface area contributed by atoms with Crippen LogP contribution in [-0.4, -0.2) is 24.5 Å². The lowest BCUT2D eigenvalue weighted by molar-refractivity contribution is 0.354. The lowest BCUT2D eigenvalue weighted by Gasteiger charge is -2.13. The molecule has 0 bridgehead atoms. The Kier molecular flexibility index (Phi) is 3.41. The second-order valence-electron chi connectivity index (χ2n) is 3.32. The quantitative estimate of drug-likeness (QED) is 0.634. The summed E-state index contributed by atoms with van der Waals surface area (Å²) in [6, 6.07) is 0. The van der Waals surface area contributed by atoms with Crippen molar-refractivity contribution < 1.29 is 0 Å². The maximum Gasteiger partial charge on any atom is 0.0335 e. The number of halogens is 1. The van der Waals surface area contributed by atoms with Gasteiger partial charge >= 0.3 is 0 Å². The van der Waals surface area contributed by atoms with Gasteiger partial charge in [-0.25, -0.2) is 0 Å². The van der Waals surface area contributed by atoms with E-state index in [2.05, 4.69) is 18.4 Å². The molecule has 0 aromatic rings. The summed E-state index contributed by atoms with van der Waals surface area (Å²) >= 11 is 5.71. The molecule has 0 aromatic heterocycles. The molecule has 1 nitrogen and oxygen atoms in total. The Morgan fingerprint density at radius 1 is 1.73 bits per heavy atom. The highest BCUT2D eigenvalue weighted by atomic mass is 35.5. The van der Waals surface area contributed by atoms with E-state index in [4.69, 9.17) is 11.6 Å². The fourth-order valence-electron chi connectivity index (χ4n) is 1.63. The van der Waals surface area contributed by atoms with E-state index in [0.29, 0.717) is 0 Å². The molecule has 1 fully saturated rings. The van der Waals surface area contributed by atoms with Gasteiger partial charge in [-0.05, 0) is 18.9 Å². The van der Waals surface area contributed by atoms with Gasteiger partial charge in [-0.1, -0.05) is 31.5 Å². The number of hydrogen-bond acceptors (Lipinski definition) is 1. The van der Waals surface area contributed by atoms with Gasteiger partial charge in [0.2, 0.25) is 0 Å². The van der Waals surface area contributed by atoms with Crippen LogP contribution in [0, 0.1) is 5.92 Å². The second-order valence-corrected chi connectivity index (χ2v) is 3.85. The molecule has 0 aromatic carbocycles. The first-order valence-corrected chi connectivity index (χ1v) is 4.65. The minimum atomic E-state index is 0.766. The van der Waals surface area contributed by atoms with Crippen molar-refractivity contribution in [3.05, 3.63) is 11.6 Å². The van der Waals surface area contributed by atoms with Crippen LogP contribution in [0.2, 0.25) is 0 Å². The zero-order valence-corrected chi connectivity index (χ0v) is 7.90. The van der Waals surface area contributed by atoms with Crippen LogP contribution in [0.15, 0.2) is 11.6 Å². The van der Waals surface area contributed by atoms with Crippen molar-refractivity contribution in [1.82, 2.24) is 4.90 Å². The van der Waals surface area contributed by atoms with Crippen molar-refractivity contribution >= 4 is 11.6 Å². The van der Waals surface area contributed by atoms with Gasteiger partial charge in [0.1, 0.15) is 0 Å². The fraction of sp³-hybridized carbons (Fsp3) is 0.778. The van der Waals surface area contributed by atoms with Crippen molar-refractivity contribution in [3.8, 4) is 0 Å². The lowest BCUT2D eigenvalue weighted by Crippen LogP contribution is -2.21. The van der Waals surface area contributed by atoms with E-state index in [1.54, 1.807) is 0 Å². The molecular formula is C9H16ClN. The van der Waals surface area contributed by atoms with Crippen molar-refractivity contribution in [1.29, 1.82) is 0 Å². The molecule has 0 aliphatic carbocycles. The van der Waals surface area contributed by atoms with Gasteiger partial charge in [0.25, 0.3) is 0 Å². The van der Waals surface area contributed by atoms with Gasteiger partial charge in [-0.2, -0.15) is 0 Å². The highest BCUT2D eigenvalue weighted by Crippen LogP contribution is 2.19. The van der Waals surface area contributed by atoms with Crippen LogP contribution in [0.1, 0.15) is 19.8 Å². The summed E-state index contributed by atoms with van der Waals surface area (Å²) in [4.78, 5) is 2.38. The SMILES string of the molecule is C=C(Cl)CN1CCC(CC)C1. The van der Waals surface area contributed by atoms with Crippen LogP contribution in [0.4, 0.5) is 0 Å². The van der Waals surface area contributed by atoms with Crippen molar-refractivity contribution in [3.63, 3.8) is 0 Å². The number of likely N-dealkylation sites (tertiary alicyclic amines) is 1. The summed E-state index contributed by atoms with van der Waals surface area (Å²) in [5.41, 5.74) is 0. The molecule has 1 aliphatic rings. The number of rotatable bonds is 3. The molecule has 0 spiro atoms. The van der Waals surface area contributed by atoms with Gasteiger partial charge in [0.15, 0.2) is 0 Å². The zero-order valence-electron chi connectivity index (χ0n) is 7.15. The smallest absolute Gasteiger partial charge is 0.0335 e. The Labute approximate surface area is 74.0 Å². The number of nitrogens with zero attached hydrogens (tertiary/aromatic N) is 1. The molecule has 1 rings (SSSR count). The van der Waals surface area contributed by atoms with E-state index >= 15 is 0 Å². The highest BCUT2D eigenvalue weighted by Gasteiger charge is 2.20. The highest BCUT2D eigenvalue weighted by molar-refractivity contribution is 6.29. The monoisotopic (exact) mass is 173 g/mol. The predicted molar refractivity (Wildman–Crippen MR) is 49.8 cm³/mol. The van der Waals surface area contributed by atoms with Crippen LogP contribution < -0.4 is 0 Å². The Balaban J connectivity index is 2.24. The average Bonchev–Trinajstić information content (AvgIpc) is 2.34. The lowest BCUT2D eigenvalue weighted by atomic mass is 10.1. The summed E-state index contributed by atoms with van der Waals surface area (Å²) in [6.45, 7) is 9.23. The fourth-order valence-corrected chi connectivity index (χ4v) is 1.80. The van der Waals surface area contributed by atoms with Crippen LogP contribution in [0.3, 0.4) is 0 Å². The van der Waals surface area contributed by atoms with Crippen molar-refractivity contribution in [2.24, 2.45) is 5.92 Å². The molecule has 11 heavy (non-hydrogen) atoms. The third-order valence-electron chi connectivity index (χ3n) is 2.34. The molecule has 1 heterocycles. The summed E-state index contributed by atoms with van der Waals surface area (Å²) in [5, 5.41) is 0.766. The molecule has 0 radical (unpaired) electrons. The Morgan fingerprint density at radius 3 is 2.91 bits per heavy atom. The number of hydrogen-bond donors (Lipinski definition) is 0. The minimum Gasteiger partial charge on any atom is -0.298 e. The molecule has 1 saturated heterocycles. The first-order chi connectivity index (χ1) is 5.22. The maximum atomic E-state index is 5.71. The third-order valence-corrected chi connectivity index (χ3v) is 2.46. The van der Waals surface area contributed by atoms with E-state index in [0.717, 1.165) is 17.5 Å². The summed E-state index contributed by atoms with van der Waals surface area (Å²) in [7, 11) is 0. The van der Waals surface area contributed by atoms with Gasteiger partial charge in [-0.15, -0.1) is 0 Å². The summed E-state index contributed by atoms with van der Waals surface area (Å²) < 4.78 is 0. The average molecular weight is 174 g/mol. The van der Waals surface area contributed by atoms with Crippen molar-refractivity contribution in [2.45, 2.75) is 19.8 Å². The van der Waals surface area contributed by atoms with Gasteiger partial charge in [-0.3, -0.25) is 4.90 Å². The Hall–Kier alpha value is -0.0100. The first kappa shape index (κ1) is 9.08.